The van der Waals surface area contributed by atoms with Crippen molar-refractivity contribution in [1.29, 1.82) is 0 Å². The number of ether oxygens (including phenoxy) is 1. The number of rotatable bonds is 9. The van der Waals surface area contributed by atoms with Crippen molar-refractivity contribution >= 4 is 29.6 Å². The zero-order valence-corrected chi connectivity index (χ0v) is 21.7. The van der Waals surface area contributed by atoms with E-state index in [-0.39, 0.29) is 18.9 Å². The molecule has 4 rings (SSSR count). The van der Waals surface area contributed by atoms with E-state index in [2.05, 4.69) is 0 Å². The first-order valence-corrected chi connectivity index (χ1v) is 13.0. The highest BCUT2D eigenvalue weighted by Gasteiger charge is 2.22. The largest absolute Gasteiger partial charge is 0.466 e. The summed E-state index contributed by atoms with van der Waals surface area (Å²) >= 11 is 1.56. The molecule has 6 nitrogen and oxygen atoms in total. The predicted molar refractivity (Wildman–Crippen MR) is 146 cm³/mol. The minimum atomic E-state index is -0.607. The normalized spacial score (nSPS) is 10.4. The van der Waals surface area contributed by atoms with E-state index >= 15 is 0 Å². The van der Waals surface area contributed by atoms with E-state index in [1.807, 2.05) is 54.6 Å². The first-order valence-electron chi connectivity index (χ1n) is 12.2. The van der Waals surface area contributed by atoms with Crippen molar-refractivity contribution in [3.05, 3.63) is 131 Å². The molecule has 0 radical (unpaired) electrons. The Kier molecular flexibility index (Phi) is 9.32. The molecule has 192 valence electrons. The molecule has 0 fully saturated rings. The minimum absolute atomic E-state index is 0.0896. The van der Waals surface area contributed by atoms with Gasteiger partial charge in [0.2, 0.25) is 0 Å². The molecule has 0 N–H and O–H groups in total. The van der Waals surface area contributed by atoms with Crippen LogP contribution in [0.1, 0.15) is 38.8 Å². The van der Waals surface area contributed by atoms with Crippen molar-refractivity contribution in [1.82, 2.24) is 5.06 Å². The third-order valence-corrected chi connectivity index (χ3v) is 6.48. The minimum Gasteiger partial charge on any atom is -0.466 e. The highest BCUT2D eigenvalue weighted by Crippen LogP contribution is 2.29. The Labute approximate surface area is 226 Å². The molecule has 0 spiro atoms. The van der Waals surface area contributed by atoms with Crippen LogP contribution in [0.2, 0.25) is 0 Å². The van der Waals surface area contributed by atoms with Crippen LogP contribution in [-0.2, 0) is 27.3 Å². The summed E-state index contributed by atoms with van der Waals surface area (Å²) in [4.78, 5) is 45.2. The Morgan fingerprint density at radius 2 is 1.37 bits per heavy atom. The predicted octanol–water partition coefficient (Wildman–Crippen LogP) is 6.36. The van der Waals surface area contributed by atoms with Crippen LogP contribution in [-0.4, -0.2) is 29.5 Å². The van der Waals surface area contributed by atoms with Crippen LogP contribution in [0.25, 0.3) is 0 Å². The number of carbonyl (C=O) groups excluding carboxylic acids is 3. The standard InChI is InChI=1S/C31H27NO5S/c1-2-36-29(33)21-24-10-9-15-28(20-24)38-27-18-16-23(17-19-27)22-32(30(34)25-11-5-3-6-12-25)37-31(35)26-13-7-4-8-14-26/h3-20H,2,21-22H2,1H3. The number of carbonyl (C=O) groups is 3. The molecule has 1 amide bonds. The molecule has 0 bridgehead atoms. The number of hydroxylamine groups is 2. The van der Waals surface area contributed by atoms with Crippen molar-refractivity contribution in [2.24, 2.45) is 0 Å². The number of hydrogen-bond donors (Lipinski definition) is 0. The molecule has 0 aliphatic heterocycles. The van der Waals surface area contributed by atoms with Gasteiger partial charge in [0, 0.05) is 15.4 Å². The summed E-state index contributed by atoms with van der Waals surface area (Å²) in [5.74, 6) is -1.27. The Morgan fingerprint density at radius 3 is 2.03 bits per heavy atom. The topological polar surface area (TPSA) is 72.9 Å². The second-order valence-corrected chi connectivity index (χ2v) is 9.47. The summed E-state index contributed by atoms with van der Waals surface area (Å²) in [6.07, 6.45) is 0.230. The second-order valence-electron chi connectivity index (χ2n) is 8.33. The van der Waals surface area contributed by atoms with E-state index in [0.29, 0.717) is 17.7 Å². The van der Waals surface area contributed by atoms with Gasteiger partial charge in [-0.2, -0.15) is 5.06 Å². The lowest BCUT2D eigenvalue weighted by atomic mass is 10.1. The maximum absolute atomic E-state index is 13.2. The van der Waals surface area contributed by atoms with Gasteiger partial charge in [0.15, 0.2) is 0 Å². The van der Waals surface area contributed by atoms with E-state index in [9.17, 15) is 14.4 Å². The monoisotopic (exact) mass is 525 g/mol. The van der Waals surface area contributed by atoms with E-state index in [1.165, 1.54) is 0 Å². The molecule has 0 saturated heterocycles. The van der Waals surface area contributed by atoms with Crippen LogP contribution in [0.5, 0.6) is 0 Å². The summed E-state index contributed by atoms with van der Waals surface area (Å²) in [6, 6.07) is 32.7. The van der Waals surface area contributed by atoms with Gasteiger partial charge in [-0.1, -0.05) is 72.4 Å². The van der Waals surface area contributed by atoms with Crippen LogP contribution >= 0.6 is 11.8 Å². The molecule has 0 aliphatic carbocycles. The molecule has 0 aromatic heterocycles. The van der Waals surface area contributed by atoms with E-state index in [4.69, 9.17) is 9.57 Å². The SMILES string of the molecule is CCOC(=O)Cc1cccc(Sc2ccc(CN(OC(=O)c3ccccc3)C(=O)c3ccccc3)cc2)c1. The Balaban J connectivity index is 1.46. The second kappa shape index (κ2) is 13.3. The number of esters is 1. The first kappa shape index (κ1) is 26.7. The smallest absolute Gasteiger partial charge is 0.363 e. The van der Waals surface area contributed by atoms with Crippen molar-refractivity contribution < 1.29 is 24.0 Å². The molecule has 4 aromatic carbocycles. The number of nitrogens with zero attached hydrogens (tertiary/aromatic N) is 1. The molecular weight excluding hydrogens is 498 g/mol. The number of hydrogen-bond acceptors (Lipinski definition) is 6. The van der Waals surface area contributed by atoms with Gasteiger partial charge in [-0.15, -0.1) is 0 Å². The average molecular weight is 526 g/mol. The van der Waals surface area contributed by atoms with Crippen LogP contribution in [0.15, 0.2) is 119 Å². The van der Waals surface area contributed by atoms with Crippen molar-refractivity contribution in [3.8, 4) is 0 Å². The van der Waals surface area contributed by atoms with E-state index in [0.717, 1.165) is 26.0 Å². The molecule has 4 aromatic rings. The summed E-state index contributed by atoms with van der Waals surface area (Å²) in [6.45, 7) is 2.24. The van der Waals surface area contributed by atoms with Crippen LogP contribution in [0.3, 0.4) is 0 Å². The molecular formula is C31H27NO5S. The van der Waals surface area contributed by atoms with Gasteiger partial charge in [-0.3, -0.25) is 9.59 Å². The Hall–Kier alpha value is -4.36. The Bertz CT molecular complexity index is 1370. The molecule has 0 saturated carbocycles. The number of benzene rings is 4. The summed E-state index contributed by atoms with van der Waals surface area (Å²) in [5, 5.41) is 1.09. The quantitative estimate of drug-likeness (QED) is 0.187. The highest BCUT2D eigenvalue weighted by atomic mass is 32.2. The van der Waals surface area contributed by atoms with Crippen molar-refractivity contribution in [2.45, 2.75) is 29.7 Å². The van der Waals surface area contributed by atoms with Gasteiger partial charge in [0.05, 0.1) is 25.1 Å². The summed E-state index contributed by atoms with van der Waals surface area (Å²) < 4.78 is 5.04. The first-order chi connectivity index (χ1) is 18.5. The van der Waals surface area contributed by atoms with E-state index < -0.39 is 11.9 Å². The third-order valence-electron chi connectivity index (χ3n) is 5.49. The van der Waals surface area contributed by atoms with Gasteiger partial charge >= 0.3 is 11.9 Å². The fourth-order valence-corrected chi connectivity index (χ4v) is 4.56. The zero-order chi connectivity index (χ0) is 26.7. The van der Waals surface area contributed by atoms with E-state index in [1.54, 1.807) is 73.3 Å². The lowest BCUT2D eigenvalue weighted by molar-refractivity contribution is -0.142. The molecule has 0 atom stereocenters. The van der Waals surface area contributed by atoms with Crippen LogP contribution in [0, 0.1) is 0 Å². The van der Waals surface area contributed by atoms with Gasteiger partial charge < -0.3 is 9.57 Å². The van der Waals surface area contributed by atoms with Crippen molar-refractivity contribution in [2.75, 3.05) is 6.61 Å². The van der Waals surface area contributed by atoms with Gasteiger partial charge in [-0.05, 0) is 66.6 Å². The third kappa shape index (κ3) is 7.57. The average Bonchev–Trinajstić information content (AvgIpc) is 2.94. The van der Waals surface area contributed by atoms with Gasteiger partial charge in [0.1, 0.15) is 0 Å². The van der Waals surface area contributed by atoms with Crippen LogP contribution in [0.4, 0.5) is 0 Å². The van der Waals surface area contributed by atoms with Gasteiger partial charge in [0.25, 0.3) is 5.91 Å². The van der Waals surface area contributed by atoms with Crippen molar-refractivity contribution in [3.63, 3.8) is 0 Å². The lowest BCUT2D eigenvalue weighted by Gasteiger charge is -2.21. The summed E-state index contributed by atoms with van der Waals surface area (Å²) in [7, 11) is 0. The molecule has 0 heterocycles. The fourth-order valence-electron chi connectivity index (χ4n) is 3.66. The summed E-state index contributed by atoms with van der Waals surface area (Å²) in [5.41, 5.74) is 2.47. The molecule has 38 heavy (non-hydrogen) atoms. The number of amides is 1. The lowest BCUT2D eigenvalue weighted by Crippen LogP contribution is -2.33. The zero-order valence-electron chi connectivity index (χ0n) is 20.9. The molecule has 7 heteroatoms. The highest BCUT2D eigenvalue weighted by molar-refractivity contribution is 7.99. The fraction of sp³-hybridized carbons (Fsp3) is 0.129. The van der Waals surface area contributed by atoms with Crippen LogP contribution < -0.4 is 0 Å². The van der Waals surface area contributed by atoms with Gasteiger partial charge in [-0.25, -0.2) is 4.79 Å². The Morgan fingerprint density at radius 1 is 0.711 bits per heavy atom. The maximum Gasteiger partial charge on any atom is 0.363 e. The maximum atomic E-state index is 13.2. The molecule has 0 unspecified atom stereocenters. The molecule has 0 aliphatic rings.